The van der Waals surface area contributed by atoms with Crippen LogP contribution in [-0.4, -0.2) is 14.5 Å². The van der Waals surface area contributed by atoms with E-state index in [-0.39, 0.29) is 0 Å². The zero-order valence-electron chi connectivity index (χ0n) is 6.81. The predicted molar refractivity (Wildman–Crippen MR) is 45.1 cm³/mol. The second kappa shape index (κ2) is 5.07. The lowest BCUT2D eigenvalue weighted by molar-refractivity contribution is 0.919. The quantitative estimate of drug-likeness (QED) is 0.576. The highest BCUT2D eigenvalue weighted by atomic mass is 14.9. The Morgan fingerprint density at radius 2 is 2.25 bits per heavy atom. The minimum Gasteiger partial charge on any atom is -0.349 e. The van der Waals surface area contributed by atoms with Crippen LogP contribution in [0.1, 0.15) is 0 Å². The summed E-state index contributed by atoms with van der Waals surface area (Å²) in [5, 5.41) is 0. The molecule has 2 aromatic rings. The van der Waals surface area contributed by atoms with Crippen LogP contribution in [0.15, 0.2) is 36.9 Å². The number of nitrogens with zero attached hydrogens (tertiary/aromatic N) is 3. The summed E-state index contributed by atoms with van der Waals surface area (Å²) in [6.07, 6.45) is 12.1. The molecule has 0 saturated carbocycles. The fourth-order valence-electron chi connectivity index (χ4n) is 0.600. The molecule has 0 aromatic carbocycles. The monoisotopic (exact) mass is 159 g/mol. The first kappa shape index (κ1) is 8.46. The lowest BCUT2D eigenvalue weighted by Gasteiger charge is -1.77. The average Bonchev–Trinajstić information content (AvgIpc) is 2.60. The van der Waals surface area contributed by atoms with Crippen LogP contribution in [0.4, 0.5) is 0 Å². The smallest absolute Gasteiger partial charge is 0.108 e. The zero-order chi connectivity index (χ0) is 8.65. The van der Waals surface area contributed by atoms with Crippen molar-refractivity contribution in [3.63, 3.8) is 0 Å². The Hall–Kier alpha value is -1.64. The Labute approximate surface area is 71.7 Å². The fourth-order valence-corrected chi connectivity index (χ4v) is 0.600. The van der Waals surface area contributed by atoms with Crippen molar-refractivity contribution in [1.82, 2.24) is 14.5 Å². The van der Waals surface area contributed by atoms with Crippen LogP contribution in [0, 0.1) is 12.4 Å². The van der Waals surface area contributed by atoms with Gasteiger partial charge in [0.25, 0.3) is 0 Å². The lowest BCUT2D eigenvalue weighted by Crippen LogP contribution is -1.76. The molecule has 0 spiro atoms. The molecule has 2 radical (unpaired) electrons. The van der Waals surface area contributed by atoms with Gasteiger partial charge in [0.1, 0.15) is 6.20 Å². The van der Waals surface area contributed by atoms with E-state index in [1.165, 1.54) is 6.20 Å². The standard InChI is InChI=1S/C5H6N.C4H3N2/c1-6-4-2-3-5-6;1-2-6-4-3-5-1/h2-4H,1H3;1-3H. The summed E-state index contributed by atoms with van der Waals surface area (Å²) in [7, 11) is 1.94. The van der Waals surface area contributed by atoms with Crippen molar-refractivity contribution in [2.24, 2.45) is 7.05 Å². The predicted octanol–water partition coefficient (Wildman–Crippen LogP) is 1.10. The van der Waals surface area contributed by atoms with E-state index in [1.54, 1.807) is 12.4 Å². The van der Waals surface area contributed by atoms with E-state index in [4.69, 9.17) is 0 Å². The van der Waals surface area contributed by atoms with E-state index in [0.717, 1.165) is 0 Å². The van der Waals surface area contributed by atoms with Gasteiger partial charge in [-0.05, 0) is 12.1 Å². The maximum atomic E-state index is 3.67. The van der Waals surface area contributed by atoms with Crippen LogP contribution in [0.3, 0.4) is 0 Å². The summed E-state index contributed by atoms with van der Waals surface area (Å²) in [5.74, 6) is 0. The van der Waals surface area contributed by atoms with Gasteiger partial charge in [0, 0.05) is 25.6 Å². The van der Waals surface area contributed by atoms with Gasteiger partial charge in [-0.25, -0.2) is 0 Å². The summed E-state index contributed by atoms with van der Waals surface area (Å²) in [6, 6.07) is 3.82. The summed E-state index contributed by atoms with van der Waals surface area (Å²) in [4.78, 5) is 7.26. The van der Waals surface area contributed by atoms with Crippen molar-refractivity contribution >= 4 is 0 Å². The van der Waals surface area contributed by atoms with Crippen molar-refractivity contribution in [1.29, 1.82) is 0 Å². The summed E-state index contributed by atoms with van der Waals surface area (Å²) < 4.78 is 1.88. The normalized spacial score (nSPS) is 8.42. The maximum absolute atomic E-state index is 3.67. The maximum Gasteiger partial charge on any atom is 0.108 e. The molecule has 3 heteroatoms. The van der Waals surface area contributed by atoms with E-state index in [9.17, 15) is 0 Å². The molecule has 0 atom stereocenters. The minimum atomic E-state index is 1.51. The van der Waals surface area contributed by atoms with Crippen LogP contribution in [0.2, 0.25) is 0 Å². The van der Waals surface area contributed by atoms with Crippen LogP contribution < -0.4 is 0 Å². The minimum absolute atomic E-state index is 1.51. The first-order valence-corrected chi connectivity index (χ1v) is 3.50. The highest BCUT2D eigenvalue weighted by Crippen LogP contribution is 1.79. The Kier molecular flexibility index (Phi) is 3.57. The third-order valence-corrected chi connectivity index (χ3v) is 1.12. The lowest BCUT2D eigenvalue weighted by atomic mass is 10.7. The second-order valence-electron chi connectivity index (χ2n) is 2.08. The molecule has 0 amide bonds. The second-order valence-corrected chi connectivity index (χ2v) is 2.08. The summed E-state index contributed by atoms with van der Waals surface area (Å²) in [6.45, 7) is 0. The van der Waals surface area contributed by atoms with E-state index in [2.05, 4.69) is 22.4 Å². The van der Waals surface area contributed by atoms with Gasteiger partial charge in [0.2, 0.25) is 0 Å². The average molecular weight is 159 g/mol. The van der Waals surface area contributed by atoms with Crippen LogP contribution >= 0.6 is 0 Å². The van der Waals surface area contributed by atoms with Gasteiger partial charge in [0.05, 0.1) is 12.4 Å². The third kappa shape index (κ3) is 3.51. The van der Waals surface area contributed by atoms with Gasteiger partial charge in [-0.2, -0.15) is 0 Å². The van der Waals surface area contributed by atoms with E-state index >= 15 is 0 Å². The molecule has 0 unspecified atom stereocenters. The van der Waals surface area contributed by atoms with Gasteiger partial charge in [-0.1, -0.05) is 0 Å². The summed E-state index contributed by atoms with van der Waals surface area (Å²) >= 11 is 0. The number of rotatable bonds is 0. The molecule has 2 aromatic heterocycles. The van der Waals surface area contributed by atoms with Crippen molar-refractivity contribution in [3.05, 3.63) is 49.3 Å². The molecule has 2 heterocycles. The van der Waals surface area contributed by atoms with Crippen molar-refractivity contribution in [3.8, 4) is 0 Å². The van der Waals surface area contributed by atoms with E-state index < -0.39 is 0 Å². The van der Waals surface area contributed by atoms with Crippen LogP contribution in [-0.2, 0) is 7.05 Å². The number of hydrogen-bond acceptors (Lipinski definition) is 2. The molecule has 0 N–H and O–H groups in total. The van der Waals surface area contributed by atoms with Gasteiger partial charge in [-0.15, -0.1) is 0 Å². The van der Waals surface area contributed by atoms with Gasteiger partial charge in [-0.3, -0.25) is 9.97 Å². The molecular formula is C9H9N3. The molecule has 12 heavy (non-hydrogen) atoms. The highest BCUT2D eigenvalue weighted by Gasteiger charge is 1.69. The molecule has 60 valence electrons. The molecule has 0 aliphatic carbocycles. The van der Waals surface area contributed by atoms with Crippen molar-refractivity contribution in [2.45, 2.75) is 0 Å². The SMILES string of the molecule is Cn1[c]ccc1.[c]1cnccn1. The topological polar surface area (TPSA) is 30.7 Å². The highest BCUT2D eigenvalue weighted by molar-refractivity contribution is 4.86. The van der Waals surface area contributed by atoms with E-state index in [0.29, 0.717) is 0 Å². The molecule has 0 bridgehead atoms. The largest absolute Gasteiger partial charge is 0.349 e. The molecular weight excluding hydrogens is 150 g/mol. The molecule has 0 aliphatic rings. The van der Waals surface area contributed by atoms with Gasteiger partial charge >= 0.3 is 0 Å². The molecule has 0 aliphatic heterocycles. The first-order chi connectivity index (χ1) is 5.89. The Morgan fingerprint density at radius 3 is 2.42 bits per heavy atom. The molecule has 0 saturated heterocycles. The van der Waals surface area contributed by atoms with Gasteiger partial charge in [0.15, 0.2) is 0 Å². The molecule has 3 nitrogen and oxygen atoms in total. The van der Waals surface area contributed by atoms with Crippen LogP contribution in [0.5, 0.6) is 0 Å². The number of hydrogen-bond donors (Lipinski definition) is 0. The van der Waals surface area contributed by atoms with E-state index in [1.807, 2.05) is 29.9 Å². The number of aryl methyl sites for hydroxylation is 1. The Morgan fingerprint density at radius 1 is 1.33 bits per heavy atom. The molecule has 0 fully saturated rings. The van der Waals surface area contributed by atoms with Gasteiger partial charge < -0.3 is 4.57 Å². The van der Waals surface area contributed by atoms with Crippen LogP contribution in [0.25, 0.3) is 0 Å². The first-order valence-electron chi connectivity index (χ1n) is 3.50. The fraction of sp³-hybridized carbons (Fsp3) is 0.111. The number of aromatic nitrogens is 3. The Bertz CT molecular complexity index is 249. The third-order valence-electron chi connectivity index (χ3n) is 1.12. The molecule has 2 rings (SSSR count). The Balaban J connectivity index is 0.000000120. The van der Waals surface area contributed by atoms with Crippen molar-refractivity contribution < 1.29 is 0 Å². The summed E-state index contributed by atoms with van der Waals surface area (Å²) in [5.41, 5.74) is 0. The van der Waals surface area contributed by atoms with Crippen molar-refractivity contribution in [2.75, 3.05) is 0 Å². The zero-order valence-corrected chi connectivity index (χ0v) is 6.81.